The first kappa shape index (κ1) is 12.0. The van der Waals surface area contributed by atoms with Gasteiger partial charge in [-0.3, -0.25) is 0 Å². The molecule has 0 saturated heterocycles. The summed E-state index contributed by atoms with van der Waals surface area (Å²) in [7, 11) is 1.34. The van der Waals surface area contributed by atoms with Gasteiger partial charge in [-0.05, 0) is 18.6 Å². The van der Waals surface area contributed by atoms with E-state index in [0.717, 1.165) is 5.56 Å². The molecule has 1 heterocycles. The maximum Gasteiger partial charge on any atom is 0.339 e. The van der Waals surface area contributed by atoms with Crippen molar-refractivity contribution in [1.29, 1.82) is 0 Å². The van der Waals surface area contributed by atoms with Crippen molar-refractivity contribution in [3.63, 3.8) is 0 Å². The van der Waals surface area contributed by atoms with Gasteiger partial charge >= 0.3 is 5.97 Å². The number of hydroxylamine groups is 1. The zero-order chi connectivity index (χ0) is 12.4. The fraction of sp³-hybridized carbons (Fsp3) is 0.250. The molecule has 1 atom stereocenters. The summed E-state index contributed by atoms with van der Waals surface area (Å²) in [6.07, 6.45) is 0. The lowest BCUT2D eigenvalue weighted by Crippen LogP contribution is -2.20. The van der Waals surface area contributed by atoms with Crippen molar-refractivity contribution < 1.29 is 14.4 Å². The maximum absolute atomic E-state index is 11.7. The van der Waals surface area contributed by atoms with Gasteiger partial charge in [0.1, 0.15) is 17.4 Å². The first-order valence-electron chi connectivity index (χ1n) is 5.11. The van der Waals surface area contributed by atoms with E-state index >= 15 is 0 Å². The van der Waals surface area contributed by atoms with E-state index in [2.05, 4.69) is 5.48 Å². The lowest BCUT2D eigenvalue weighted by molar-refractivity contribution is -0.136. The van der Waals surface area contributed by atoms with Crippen LogP contribution in [0.2, 0.25) is 5.02 Å². The van der Waals surface area contributed by atoms with E-state index in [-0.39, 0.29) is 0 Å². The number of allylic oxidation sites excluding steroid dienone is 1. The first-order valence-corrected chi connectivity index (χ1v) is 5.49. The van der Waals surface area contributed by atoms with Crippen molar-refractivity contribution in [2.24, 2.45) is 0 Å². The van der Waals surface area contributed by atoms with Crippen LogP contribution in [0.1, 0.15) is 18.5 Å². The fourth-order valence-electron chi connectivity index (χ4n) is 1.76. The molecule has 0 saturated carbocycles. The average Bonchev–Trinajstić information content (AvgIpc) is 2.71. The third-order valence-electron chi connectivity index (χ3n) is 2.62. The minimum atomic E-state index is -0.419. The molecule has 1 unspecified atom stereocenters. The number of halogens is 1. The first-order chi connectivity index (χ1) is 8.15. The summed E-state index contributed by atoms with van der Waals surface area (Å²) in [6.45, 7) is 1.70. The number of methoxy groups -OCH3 is 1. The number of rotatable bonds is 2. The average molecular weight is 258 g/mol. The van der Waals surface area contributed by atoms with E-state index in [1.165, 1.54) is 7.11 Å². The van der Waals surface area contributed by atoms with Gasteiger partial charge in [-0.15, -0.1) is 5.48 Å². The van der Waals surface area contributed by atoms with Crippen LogP contribution in [0.3, 0.4) is 0 Å². The Balaban J connectivity index is 2.41. The summed E-state index contributed by atoms with van der Waals surface area (Å²) in [4.78, 5) is 16.9. The Kier molecular flexibility index (Phi) is 3.36. The topological polar surface area (TPSA) is 47.6 Å². The van der Waals surface area contributed by atoms with E-state index < -0.39 is 12.0 Å². The molecule has 1 N–H and O–H groups in total. The number of esters is 1. The fourth-order valence-corrected chi connectivity index (χ4v) is 2.01. The van der Waals surface area contributed by atoms with Crippen molar-refractivity contribution in [2.75, 3.05) is 7.11 Å². The summed E-state index contributed by atoms with van der Waals surface area (Å²) in [5.41, 5.74) is 4.00. The highest BCUT2D eigenvalue weighted by atomic mass is 35.5. The quantitative estimate of drug-likeness (QED) is 0.653. The Hall–Kier alpha value is -1.52. The minimum absolute atomic E-state index is 0.392. The van der Waals surface area contributed by atoms with Crippen molar-refractivity contribution in [1.82, 2.24) is 5.48 Å². The standard InChI is InChI=1S/C12H12ClNO3/c1-7-10(12(15)16-2)11(14-17-7)8-5-3-4-6-9(8)13/h3-6,11,14H,1-2H3/i1+1,7+1,10+1,12+1. The third kappa shape index (κ3) is 2.14. The smallest absolute Gasteiger partial charge is 0.339 e. The van der Waals surface area contributed by atoms with Crippen molar-refractivity contribution in [3.05, 3.63) is 46.2 Å². The molecule has 0 aliphatic carbocycles. The Morgan fingerprint density at radius 1 is 1.47 bits per heavy atom. The van der Waals surface area contributed by atoms with Crippen LogP contribution in [0.25, 0.3) is 0 Å². The van der Waals surface area contributed by atoms with Crippen LogP contribution in [0.4, 0.5) is 0 Å². The lowest BCUT2D eigenvalue weighted by Gasteiger charge is -2.13. The van der Waals surface area contributed by atoms with E-state index in [1.54, 1.807) is 13.0 Å². The Morgan fingerprint density at radius 3 is 2.82 bits per heavy atom. The van der Waals surface area contributed by atoms with E-state index in [9.17, 15) is 4.79 Å². The van der Waals surface area contributed by atoms with Gasteiger partial charge in [0.05, 0.1) is 7.11 Å². The molecule has 1 aromatic rings. The van der Waals surface area contributed by atoms with Crippen LogP contribution in [-0.4, -0.2) is 13.1 Å². The molecule has 0 fully saturated rings. The van der Waals surface area contributed by atoms with Crippen molar-refractivity contribution in [3.8, 4) is 0 Å². The highest BCUT2D eigenvalue weighted by Gasteiger charge is 2.33. The third-order valence-corrected chi connectivity index (χ3v) is 2.96. The van der Waals surface area contributed by atoms with E-state index in [4.69, 9.17) is 21.2 Å². The van der Waals surface area contributed by atoms with E-state index in [0.29, 0.717) is 16.4 Å². The molecule has 1 aliphatic rings. The summed E-state index contributed by atoms with van der Waals surface area (Å²) >= 11 is 6.09. The van der Waals surface area contributed by atoms with Crippen LogP contribution in [0.5, 0.6) is 0 Å². The molecule has 0 amide bonds. The van der Waals surface area contributed by atoms with Gasteiger partial charge in [-0.1, -0.05) is 29.8 Å². The number of hydrogen-bond donors (Lipinski definition) is 1. The summed E-state index contributed by atoms with van der Waals surface area (Å²) < 4.78 is 4.74. The van der Waals surface area contributed by atoms with Crippen molar-refractivity contribution in [2.45, 2.75) is 13.0 Å². The van der Waals surface area contributed by atoms with Crippen LogP contribution in [-0.2, 0) is 14.4 Å². The SMILES string of the molecule is CO[13C](=O)[13C]1=[13C]([13CH3])ONC1c1ccccc1Cl. The summed E-state index contributed by atoms with van der Waals surface area (Å²) in [5.74, 6) is 0.0826. The molecule has 90 valence electrons. The molecule has 0 spiro atoms. The largest absolute Gasteiger partial charge is 0.466 e. The van der Waals surface area contributed by atoms with Gasteiger partial charge in [0, 0.05) is 5.02 Å². The molecule has 17 heavy (non-hydrogen) atoms. The number of hydrogen-bond acceptors (Lipinski definition) is 4. The Bertz CT molecular complexity index is 484. The molecular weight excluding hydrogens is 246 g/mol. The number of benzene rings is 1. The molecule has 0 bridgehead atoms. The Labute approximate surface area is 104 Å². The second-order valence-electron chi connectivity index (χ2n) is 3.64. The molecule has 1 aromatic carbocycles. The highest BCUT2D eigenvalue weighted by molar-refractivity contribution is 6.31. The number of ether oxygens (including phenoxy) is 1. The number of carbonyl (C=O) groups excluding carboxylic acids is 1. The second kappa shape index (κ2) is 4.77. The maximum atomic E-state index is 11.7. The van der Waals surface area contributed by atoms with E-state index in [1.807, 2.05) is 18.2 Å². The molecule has 0 radical (unpaired) electrons. The van der Waals surface area contributed by atoms with Crippen LogP contribution in [0.15, 0.2) is 35.6 Å². The molecular formula is C12H12ClNO3. The minimum Gasteiger partial charge on any atom is -0.466 e. The zero-order valence-corrected chi connectivity index (χ0v) is 10.2. The van der Waals surface area contributed by atoms with Gasteiger partial charge in [0.25, 0.3) is 0 Å². The molecule has 5 heteroatoms. The summed E-state index contributed by atoms with van der Waals surface area (Å²) in [6, 6.07) is 6.89. The normalized spacial score (nSPS) is 19.1. The highest BCUT2D eigenvalue weighted by Crippen LogP contribution is 2.34. The molecule has 2 rings (SSSR count). The summed E-state index contributed by atoms with van der Waals surface area (Å²) in [5, 5.41) is 0.574. The zero-order valence-electron chi connectivity index (χ0n) is 9.49. The molecule has 4 nitrogen and oxygen atoms in total. The second-order valence-corrected chi connectivity index (χ2v) is 4.04. The predicted octanol–water partition coefficient (Wildman–Crippen LogP) is 2.36. The monoisotopic (exact) mass is 257 g/mol. The van der Waals surface area contributed by atoms with Gasteiger partial charge < -0.3 is 9.57 Å². The lowest BCUT2D eigenvalue weighted by atomic mass is 10.1. The van der Waals surface area contributed by atoms with Gasteiger partial charge in [0.15, 0.2) is 0 Å². The predicted molar refractivity (Wildman–Crippen MR) is 63.1 cm³/mol. The van der Waals surface area contributed by atoms with Crippen LogP contribution < -0.4 is 5.48 Å². The van der Waals surface area contributed by atoms with Gasteiger partial charge in [0.2, 0.25) is 0 Å². The Morgan fingerprint density at radius 2 is 2.18 bits per heavy atom. The van der Waals surface area contributed by atoms with Crippen molar-refractivity contribution >= 4 is 17.6 Å². The number of carbonyl (C=O) groups is 1. The van der Waals surface area contributed by atoms with Gasteiger partial charge in [-0.25, -0.2) is 4.79 Å². The van der Waals surface area contributed by atoms with Gasteiger partial charge in [-0.2, -0.15) is 0 Å². The number of nitrogens with one attached hydrogen (secondary N) is 1. The van der Waals surface area contributed by atoms with Crippen LogP contribution in [0, 0.1) is 0 Å². The molecule has 1 aliphatic heterocycles. The van der Waals surface area contributed by atoms with Crippen LogP contribution >= 0.6 is 11.6 Å². The molecule has 0 aromatic heterocycles.